The van der Waals surface area contributed by atoms with E-state index in [9.17, 15) is 19.5 Å². The van der Waals surface area contributed by atoms with Crippen molar-refractivity contribution in [2.75, 3.05) is 31.7 Å². The molecule has 2 fully saturated rings. The molecule has 1 N–H and O–H groups in total. The quantitative estimate of drug-likeness (QED) is 0.526. The second kappa shape index (κ2) is 10.8. The Morgan fingerprint density at radius 2 is 1.76 bits per heavy atom. The van der Waals surface area contributed by atoms with Gasteiger partial charge in [-0.1, -0.05) is 61.6 Å². The van der Waals surface area contributed by atoms with Gasteiger partial charge in [0.15, 0.2) is 0 Å². The van der Waals surface area contributed by atoms with Gasteiger partial charge in [-0.15, -0.1) is 0 Å². The highest BCUT2D eigenvalue weighted by molar-refractivity contribution is 6.06. The number of hydrogen-bond acceptors (Lipinski definition) is 6. The number of nitrogens with zero attached hydrogens (tertiary/aromatic N) is 3. The van der Waals surface area contributed by atoms with Crippen molar-refractivity contribution >= 4 is 23.4 Å². The third-order valence-electron chi connectivity index (χ3n) is 8.86. The van der Waals surface area contributed by atoms with E-state index in [2.05, 4.69) is 0 Å². The van der Waals surface area contributed by atoms with E-state index in [1.165, 1.54) is 4.90 Å². The van der Waals surface area contributed by atoms with Gasteiger partial charge in [-0.2, -0.15) is 0 Å². The summed E-state index contributed by atoms with van der Waals surface area (Å²) < 4.78 is 12.0. The van der Waals surface area contributed by atoms with Gasteiger partial charge >= 0.3 is 0 Å². The minimum absolute atomic E-state index is 0.172. The molecule has 0 saturated carbocycles. The van der Waals surface area contributed by atoms with Crippen molar-refractivity contribution in [1.29, 1.82) is 0 Å². The summed E-state index contributed by atoms with van der Waals surface area (Å²) in [7, 11) is 1.58. The number of methoxy groups -OCH3 is 1. The van der Waals surface area contributed by atoms with Crippen LogP contribution in [0.5, 0.6) is 5.75 Å². The minimum atomic E-state index is -1.34. The van der Waals surface area contributed by atoms with Gasteiger partial charge in [-0.25, -0.2) is 0 Å². The number of fused-ring (bicyclic) bond motifs is 2. The molecule has 9 heteroatoms. The Hall–Kier alpha value is -3.95. The summed E-state index contributed by atoms with van der Waals surface area (Å²) in [5.74, 6) is -1.84. The van der Waals surface area contributed by atoms with E-state index in [0.717, 1.165) is 5.56 Å². The summed E-state index contributed by atoms with van der Waals surface area (Å²) in [6, 6.07) is 15.3. The molecule has 0 aliphatic carbocycles. The molecule has 0 bridgehead atoms. The van der Waals surface area contributed by atoms with Gasteiger partial charge in [0.2, 0.25) is 11.8 Å². The number of anilines is 1. The third-order valence-corrected chi connectivity index (χ3v) is 8.86. The molecular weight excluding hydrogens is 522 g/mol. The highest BCUT2D eigenvalue weighted by atomic mass is 16.5. The Morgan fingerprint density at radius 1 is 1.00 bits per heavy atom. The number of ether oxygens (including phenoxy) is 2. The van der Waals surface area contributed by atoms with E-state index in [0.29, 0.717) is 30.9 Å². The Bertz CT molecular complexity index is 1370. The van der Waals surface area contributed by atoms with Crippen molar-refractivity contribution < 1.29 is 29.0 Å². The average molecular weight is 558 g/mol. The molecule has 9 nitrogen and oxygen atoms in total. The van der Waals surface area contributed by atoms with E-state index >= 15 is 0 Å². The number of carbonyl (C=O) groups excluding carboxylic acids is 3. The largest absolute Gasteiger partial charge is 0.497 e. The summed E-state index contributed by atoms with van der Waals surface area (Å²) in [6.07, 6.45) is 7.25. The standard InChI is InChI=1S/C32H35N3O6/c1-3-22(20-36)35-28-31(39)34(23-12-14-24(40-2)15-13-23)18-8-16-32(28)27(30(35)38)26-25(41-32)11-7-17-33(29(26)37)19-21-9-5-4-6-10-21/h4-16,22,25-28,36H,3,17-20H2,1-2H3/t22-,25-,26+,27-,28?,32-/m0/s1. The normalized spacial score (nSPS) is 29.6. The highest BCUT2D eigenvalue weighted by Gasteiger charge is 2.72. The number of aliphatic hydroxyl groups excluding tert-OH is 1. The summed E-state index contributed by atoms with van der Waals surface area (Å²) in [5.41, 5.74) is 0.301. The molecule has 4 aliphatic rings. The maximum Gasteiger partial charge on any atom is 0.253 e. The SMILES string of the molecule is CC[C@@H](CO)N1C(=O)[C@@H]2[C@@H]3C(=O)N(Cc4ccccc4)CC=C[C@@H]3O[C@@]23C=CCN(c2ccc(OC)cc2)C(=O)C13. The predicted molar refractivity (Wildman–Crippen MR) is 152 cm³/mol. The van der Waals surface area contributed by atoms with Crippen LogP contribution in [-0.4, -0.2) is 83.2 Å². The van der Waals surface area contributed by atoms with Crippen LogP contribution < -0.4 is 9.64 Å². The summed E-state index contributed by atoms with van der Waals surface area (Å²) in [4.78, 5) is 47.9. The first kappa shape index (κ1) is 27.2. The first-order valence-electron chi connectivity index (χ1n) is 14.2. The zero-order chi connectivity index (χ0) is 28.7. The molecule has 6 atom stereocenters. The molecule has 1 unspecified atom stereocenters. The van der Waals surface area contributed by atoms with Crippen molar-refractivity contribution in [3.8, 4) is 5.75 Å². The fraction of sp³-hybridized carbons (Fsp3) is 0.406. The monoisotopic (exact) mass is 557 g/mol. The number of hydrogen-bond donors (Lipinski definition) is 1. The predicted octanol–water partition coefficient (Wildman–Crippen LogP) is 2.55. The first-order valence-corrected chi connectivity index (χ1v) is 14.2. The molecule has 2 aromatic rings. The van der Waals surface area contributed by atoms with Gasteiger partial charge in [0, 0.05) is 25.3 Å². The van der Waals surface area contributed by atoms with Gasteiger partial charge in [0.05, 0.1) is 37.7 Å². The van der Waals surface area contributed by atoms with Crippen LogP contribution in [0.3, 0.4) is 0 Å². The van der Waals surface area contributed by atoms with Crippen molar-refractivity contribution in [1.82, 2.24) is 9.80 Å². The van der Waals surface area contributed by atoms with Gasteiger partial charge in [0.25, 0.3) is 5.91 Å². The van der Waals surface area contributed by atoms with Crippen LogP contribution in [0.15, 0.2) is 78.9 Å². The van der Waals surface area contributed by atoms with Crippen molar-refractivity contribution in [3.05, 3.63) is 84.5 Å². The number of carbonyl (C=O) groups is 3. The molecule has 0 aromatic heterocycles. The van der Waals surface area contributed by atoms with Crippen LogP contribution in [0.25, 0.3) is 0 Å². The topological polar surface area (TPSA) is 99.6 Å². The van der Waals surface area contributed by atoms with E-state index in [4.69, 9.17) is 9.47 Å². The van der Waals surface area contributed by atoms with Gasteiger partial charge in [-0.3, -0.25) is 14.4 Å². The third kappa shape index (κ3) is 4.35. The number of amides is 3. The van der Waals surface area contributed by atoms with Gasteiger partial charge < -0.3 is 29.3 Å². The molecule has 2 aromatic carbocycles. The molecule has 4 heterocycles. The fourth-order valence-electron chi connectivity index (χ4n) is 6.88. The lowest BCUT2D eigenvalue weighted by Crippen LogP contribution is -2.58. The van der Waals surface area contributed by atoms with Crippen LogP contribution >= 0.6 is 0 Å². The van der Waals surface area contributed by atoms with E-state index in [1.54, 1.807) is 41.2 Å². The first-order chi connectivity index (χ1) is 19.9. The molecule has 3 amide bonds. The van der Waals surface area contributed by atoms with Crippen molar-refractivity contribution in [2.45, 2.75) is 43.7 Å². The molecule has 0 radical (unpaired) electrons. The lowest BCUT2D eigenvalue weighted by Gasteiger charge is -2.38. The van der Waals surface area contributed by atoms with Gasteiger partial charge in [0.1, 0.15) is 17.4 Å². The minimum Gasteiger partial charge on any atom is -0.497 e. The number of benzene rings is 2. The molecule has 214 valence electrons. The second-order valence-corrected chi connectivity index (χ2v) is 11.0. The lowest BCUT2D eigenvalue weighted by atomic mass is 9.77. The van der Waals surface area contributed by atoms with Gasteiger partial charge in [-0.05, 0) is 36.2 Å². The number of aliphatic hydroxyl groups is 1. The molecule has 1 spiro atoms. The average Bonchev–Trinajstić information content (AvgIpc) is 3.32. The van der Waals surface area contributed by atoms with Crippen LogP contribution in [-0.2, 0) is 25.7 Å². The number of likely N-dealkylation sites (tertiary alicyclic amines) is 1. The Kier molecular flexibility index (Phi) is 7.17. The van der Waals surface area contributed by atoms with Crippen LogP contribution in [0, 0.1) is 11.8 Å². The Balaban J connectivity index is 1.41. The zero-order valence-electron chi connectivity index (χ0n) is 23.3. The molecular formula is C32H35N3O6. The smallest absolute Gasteiger partial charge is 0.253 e. The zero-order valence-corrected chi connectivity index (χ0v) is 23.3. The Morgan fingerprint density at radius 3 is 2.44 bits per heavy atom. The van der Waals surface area contributed by atoms with Crippen LogP contribution in [0.1, 0.15) is 18.9 Å². The fourth-order valence-corrected chi connectivity index (χ4v) is 6.88. The van der Waals surface area contributed by atoms with E-state index in [-0.39, 0.29) is 30.9 Å². The number of rotatable bonds is 7. The summed E-state index contributed by atoms with van der Waals surface area (Å²) in [5, 5.41) is 10.3. The van der Waals surface area contributed by atoms with Crippen LogP contribution in [0.4, 0.5) is 5.69 Å². The van der Waals surface area contributed by atoms with E-state index in [1.807, 2.05) is 61.6 Å². The molecule has 6 rings (SSSR count). The summed E-state index contributed by atoms with van der Waals surface area (Å²) >= 11 is 0. The molecule has 41 heavy (non-hydrogen) atoms. The van der Waals surface area contributed by atoms with Crippen LogP contribution in [0.2, 0.25) is 0 Å². The highest BCUT2D eigenvalue weighted by Crippen LogP contribution is 2.54. The van der Waals surface area contributed by atoms with Crippen molar-refractivity contribution in [2.24, 2.45) is 11.8 Å². The Labute approximate surface area is 239 Å². The molecule has 4 aliphatic heterocycles. The second-order valence-electron chi connectivity index (χ2n) is 11.0. The van der Waals surface area contributed by atoms with Crippen molar-refractivity contribution in [3.63, 3.8) is 0 Å². The summed E-state index contributed by atoms with van der Waals surface area (Å²) in [6.45, 7) is 2.65. The maximum atomic E-state index is 14.5. The van der Waals surface area contributed by atoms with E-state index < -0.39 is 35.6 Å². The lowest BCUT2D eigenvalue weighted by molar-refractivity contribution is -0.147. The molecule has 2 saturated heterocycles. The maximum absolute atomic E-state index is 14.5.